The van der Waals surface area contributed by atoms with E-state index in [4.69, 9.17) is 18.0 Å². The van der Waals surface area contributed by atoms with Crippen molar-refractivity contribution in [2.75, 3.05) is 0 Å². The monoisotopic (exact) mass is 227 g/mol. The lowest BCUT2D eigenvalue weighted by molar-refractivity contribution is -0.127. The molecule has 0 aromatic heterocycles. The van der Waals surface area contributed by atoms with Crippen LogP contribution in [-0.2, 0) is 4.79 Å². The molecule has 1 amide bonds. The zero-order valence-corrected chi connectivity index (χ0v) is 10.1. The van der Waals surface area contributed by atoms with Crippen LogP contribution in [0.1, 0.15) is 33.6 Å². The van der Waals surface area contributed by atoms with Crippen LogP contribution in [0, 0.1) is 11.3 Å². The highest BCUT2D eigenvalue weighted by Gasteiger charge is 2.44. The van der Waals surface area contributed by atoms with Gasteiger partial charge in [-0.15, -0.1) is 0 Å². The van der Waals surface area contributed by atoms with E-state index in [1.807, 2.05) is 13.8 Å². The van der Waals surface area contributed by atoms with Crippen molar-refractivity contribution >= 4 is 29.1 Å². The number of amides is 1. The summed E-state index contributed by atoms with van der Waals surface area (Å²) >= 11 is 4.81. The number of nitrogens with two attached hydrogens (primary N) is 1. The van der Waals surface area contributed by atoms with E-state index in [-0.39, 0.29) is 16.9 Å². The largest absolute Gasteiger partial charge is 0.386 e. The van der Waals surface area contributed by atoms with Gasteiger partial charge >= 0.3 is 0 Å². The highest BCUT2D eigenvalue weighted by atomic mass is 32.1. The van der Waals surface area contributed by atoms with Gasteiger partial charge in [0.25, 0.3) is 0 Å². The molecule has 1 aliphatic heterocycles. The zero-order chi connectivity index (χ0) is 11.6. The van der Waals surface area contributed by atoms with Crippen molar-refractivity contribution in [3.8, 4) is 0 Å². The predicted molar refractivity (Wildman–Crippen MR) is 64.5 cm³/mol. The van der Waals surface area contributed by atoms with E-state index < -0.39 is 5.41 Å². The molecule has 84 valence electrons. The Morgan fingerprint density at radius 3 is 2.73 bits per heavy atom. The standard InChI is InChI=1S/C10H17N3OS/c1-4-5-6(2)10(3)7(11)12-9(15)13-8(10)14/h6H,4-5H2,1-3H3,(H3,11,12,13,14,15). The summed E-state index contributed by atoms with van der Waals surface area (Å²) in [5, 5.41) is 2.73. The molecule has 1 heterocycles. The molecule has 0 bridgehead atoms. The SMILES string of the molecule is CCCC(C)C1(C)C(=O)NC(=S)N=C1N. The summed E-state index contributed by atoms with van der Waals surface area (Å²) in [6.07, 6.45) is 1.95. The molecule has 5 heteroatoms. The molecule has 0 spiro atoms. The van der Waals surface area contributed by atoms with E-state index in [2.05, 4.69) is 17.2 Å². The lowest BCUT2D eigenvalue weighted by Crippen LogP contribution is -2.56. The second-order valence-electron chi connectivity index (χ2n) is 4.15. The van der Waals surface area contributed by atoms with E-state index in [0.29, 0.717) is 5.84 Å². The molecule has 0 radical (unpaired) electrons. The van der Waals surface area contributed by atoms with Gasteiger partial charge in [0.1, 0.15) is 11.3 Å². The molecule has 0 fully saturated rings. The maximum absolute atomic E-state index is 11.9. The molecule has 0 aromatic rings. The number of hydrogen-bond acceptors (Lipinski definition) is 3. The van der Waals surface area contributed by atoms with Crippen molar-refractivity contribution in [1.29, 1.82) is 0 Å². The Kier molecular flexibility index (Phi) is 3.44. The van der Waals surface area contributed by atoms with Crippen molar-refractivity contribution in [2.45, 2.75) is 33.6 Å². The van der Waals surface area contributed by atoms with Gasteiger partial charge in [-0.2, -0.15) is 0 Å². The first-order valence-corrected chi connectivity index (χ1v) is 5.53. The summed E-state index contributed by atoms with van der Waals surface area (Å²) in [5.74, 6) is 0.354. The smallest absolute Gasteiger partial charge is 0.239 e. The molecule has 0 aliphatic carbocycles. The first-order valence-electron chi connectivity index (χ1n) is 5.13. The number of amidine groups is 1. The minimum absolute atomic E-state index is 0.138. The third-order valence-corrected chi connectivity index (χ3v) is 3.35. The van der Waals surface area contributed by atoms with Gasteiger partial charge in [0.2, 0.25) is 11.0 Å². The van der Waals surface area contributed by atoms with E-state index >= 15 is 0 Å². The Morgan fingerprint density at radius 1 is 1.67 bits per heavy atom. The molecule has 1 rings (SSSR count). The second kappa shape index (κ2) is 4.26. The minimum atomic E-state index is -0.724. The molecule has 1 aliphatic rings. The topological polar surface area (TPSA) is 67.5 Å². The Labute approximate surface area is 95.3 Å². The first-order chi connectivity index (χ1) is 6.92. The average molecular weight is 227 g/mol. The van der Waals surface area contributed by atoms with Crippen LogP contribution in [-0.4, -0.2) is 16.9 Å². The number of carbonyl (C=O) groups excluding carboxylic acids is 1. The molecular formula is C10H17N3OS. The zero-order valence-electron chi connectivity index (χ0n) is 9.33. The van der Waals surface area contributed by atoms with Crippen molar-refractivity contribution in [2.24, 2.45) is 22.1 Å². The fraction of sp³-hybridized carbons (Fsp3) is 0.700. The third kappa shape index (κ3) is 2.02. The van der Waals surface area contributed by atoms with Crippen molar-refractivity contribution in [3.05, 3.63) is 0 Å². The van der Waals surface area contributed by atoms with E-state index in [0.717, 1.165) is 12.8 Å². The van der Waals surface area contributed by atoms with Crippen LogP contribution in [0.2, 0.25) is 0 Å². The van der Waals surface area contributed by atoms with E-state index in [9.17, 15) is 4.79 Å². The van der Waals surface area contributed by atoms with Crippen molar-refractivity contribution in [1.82, 2.24) is 5.32 Å². The first kappa shape index (κ1) is 12.1. The number of nitrogens with zero attached hydrogens (tertiary/aromatic N) is 1. The fourth-order valence-electron chi connectivity index (χ4n) is 1.79. The molecule has 15 heavy (non-hydrogen) atoms. The fourth-order valence-corrected chi connectivity index (χ4v) is 1.99. The minimum Gasteiger partial charge on any atom is -0.386 e. The molecule has 0 saturated heterocycles. The number of hydrogen-bond donors (Lipinski definition) is 2. The van der Waals surface area contributed by atoms with Crippen LogP contribution >= 0.6 is 12.2 Å². The number of thiocarbonyl (C=S) groups is 1. The summed E-state index contributed by atoms with van der Waals surface area (Å²) in [5.41, 5.74) is 5.10. The Morgan fingerprint density at radius 2 is 2.27 bits per heavy atom. The second-order valence-corrected chi connectivity index (χ2v) is 4.54. The Bertz CT molecular complexity index is 327. The van der Waals surface area contributed by atoms with Crippen LogP contribution in [0.15, 0.2) is 4.99 Å². The summed E-state index contributed by atoms with van der Waals surface area (Å²) in [7, 11) is 0. The highest BCUT2D eigenvalue weighted by molar-refractivity contribution is 7.80. The van der Waals surface area contributed by atoms with Gasteiger partial charge in [0.05, 0.1) is 0 Å². The average Bonchev–Trinajstić information content (AvgIpc) is 2.14. The van der Waals surface area contributed by atoms with Crippen LogP contribution in [0.4, 0.5) is 0 Å². The Hall–Kier alpha value is -0.970. The van der Waals surface area contributed by atoms with Gasteiger partial charge < -0.3 is 11.1 Å². The van der Waals surface area contributed by atoms with Crippen LogP contribution in [0.5, 0.6) is 0 Å². The van der Waals surface area contributed by atoms with Crippen LogP contribution in [0.3, 0.4) is 0 Å². The summed E-state index contributed by atoms with van der Waals surface area (Å²) in [4.78, 5) is 15.9. The lowest BCUT2D eigenvalue weighted by atomic mass is 9.73. The van der Waals surface area contributed by atoms with Gasteiger partial charge in [0.15, 0.2) is 0 Å². The predicted octanol–water partition coefficient (Wildman–Crippen LogP) is 1.20. The van der Waals surface area contributed by atoms with Crippen LogP contribution in [0.25, 0.3) is 0 Å². The van der Waals surface area contributed by atoms with E-state index in [1.54, 1.807) is 0 Å². The number of nitrogens with one attached hydrogen (secondary N) is 1. The number of rotatable bonds is 3. The molecule has 0 aromatic carbocycles. The maximum atomic E-state index is 11.9. The third-order valence-electron chi connectivity index (χ3n) is 3.15. The summed E-state index contributed by atoms with van der Waals surface area (Å²) < 4.78 is 0. The number of carbonyl (C=O) groups is 1. The van der Waals surface area contributed by atoms with Gasteiger partial charge in [0, 0.05) is 0 Å². The Balaban J connectivity index is 3.04. The maximum Gasteiger partial charge on any atom is 0.239 e. The molecule has 0 saturated carbocycles. The lowest BCUT2D eigenvalue weighted by Gasteiger charge is -2.35. The van der Waals surface area contributed by atoms with Gasteiger partial charge in [-0.05, 0) is 31.5 Å². The normalized spacial score (nSPS) is 28.3. The number of aliphatic imine (C=N–C) groups is 1. The molecular weight excluding hydrogens is 210 g/mol. The molecule has 2 unspecified atom stereocenters. The van der Waals surface area contributed by atoms with E-state index in [1.165, 1.54) is 0 Å². The molecule has 3 N–H and O–H groups in total. The van der Waals surface area contributed by atoms with Crippen LogP contribution < -0.4 is 11.1 Å². The van der Waals surface area contributed by atoms with Crippen molar-refractivity contribution < 1.29 is 4.79 Å². The van der Waals surface area contributed by atoms with Gasteiger partial charge in [-0.25, -0.2) is 4.99 Å². The molecule has 4 nitrogen and oxygen atoms in total. The quantitative estimate of drug-likeness (QED) is 0.712. The summed E-state index contributed by atoms with van der Waals surface area (Å²) in [6, 6.07) is 0. The van der Waals surface area contributed by atoms with Gasteiger partial charge in [-0.3, -0.25) is 4.79 Å². The summed E-state index contributed by atoms with van der Waals surface area (Å²) in [6.45, 7) is 5.92. The highest BCUT2D eigenvalue weighted by Crippen LogP contribution is 2.32. The molecule has 2 atom stereocenters. The van der Waals surface area contributed by atoms with Gasteiger partial charge in [-0.1, -0.05) is 20.3 Å². The van der Waals surface area contributed by atoms with Crippen molar-refractivity contribution in [3.63, 3.8) is 0 Å².